The number of anilines is 1. The molecule has 0 bridgehead atoms. The summed E-state index contributed by atoms with van der Waals surface area (Å²) in [6.07, 6.45) is 1.86. The van der Waals surface area contributed by atoms with Crippen molar-refractivity contribution in [1.29, 1.82) is 0 Å². The molecule has 0 saturated carbocycles. The molecule has 4 aromatic rings. The largest absolute Gasteiger partial charge is 0.295 e. The zero-order valence-corrected chi connectivity index (χ0v) is 21.7. The molecule has 0 radical (unpaired) electrons. The molecule has 0 aliphatic carbocycles. The van der Waals surface area contributed by atoms with E-state index >= 15 is 0 Å². The van der Waals surface area contributed by atoms with Gasteiger partial charge in [-0.1, -0.05) is 131 Å². The summed E-state index contributed by atoms with van der Waals surface area (Å²) in [5.74, 6) is 0.847. The molecule has 0 aliphatic rings. The summed E-state index contributed by atoms with van der Waals surface area (Å²) >= 11 is 0. The highest BCUT2D eigenvalue weighted by Crippen LogP contribution is 2.30. The number of benzene rings is 4. The first-order chi connectivity index (χ1) is 17.3. The molecule has 0 aliphatic heterocycles. The summed E-state index contributed by atoms with van der Waals surface area (Å²) in [5.41, 5.74) is 8.83. The van der Waals surface area contributed by atoms with Crippen molar-refractivity contribution in [2.24, 2.45) is 4.99 Å². The van der Waals surface area contributed by atoms with Gasteiger partial charge in [-0.3, -0.25) is 9.89 Å². The molecule has 0 fully saturated rings. The molecule has 2 nitrogen and oxygen atoms in total. The van der Waals surface area contributed by atoms with Crippen molar-refractivity contribution in [3.63, 3.8) is 0 Å². The molecule has 36 heavy (non-hydrogen) atoms. The summed E-state index contributed by atoms with van der Waals surface area (Å²) < 4.78 is 0. The molecule has 0 saturated heterocycles. The quantitative estimate of drug-likeness (QED) is 0.203. The number of hydrogen-bond acceptors (Lipinski definition) is 1. The number of hydrogen-bond donors (Lipinski definition) is 0. The van der Waals surface area contributed by atoms with Crippen molar-refractivity contribution in [2.75, 3.05) is 11.9 Å². The van der Waals surface area contributed by atoms with E-state index < -0.39 is 0 Å². The van der Waals surface area contributed by atoms with Crippen LogP contribution >= 0.6 is 0 Å². The third-order valence-corrected chi connectivity index (χ3v) is 6.41. The van der Waals surface area contributed by atoms with Crippen LogP contribution in [0.3, 0.4) is 0 Å². The maximum absolute atomic E-state index is 4.73. The smallest absolute Gasteiger partial charge is 0.139 e. The Balaban J connectivity index is 1.70. The molecule has 0 atom stereocenters. The molecular formula is C34H34N2. The predicted molar refractivity (Wildman–Crippen MR) is 158 cm³/mol. The summed E-state index contributed by atoms with van der Waals surface area (Å²) in [6.45, 7) is 15.0. The van der Waals surface area contributed by atoms with Gasteiger partial charge in [0.25, 0.3) is 0 Å². The molecule has 180 valence electrons. The van der Waals surface area contributed by atoms with Crippen LogP contribution in [0, 0.1) is 0 Å². The summed E-state index contributed by atoms with van der Waals surface area (Å²) in [7, 11) is 1.84. The van der Waals surface area contributed by atoms with Crippen LogP contribution in [-0.2, 0) is 5.41 Å². The van der Waals surface area contributed by atoms with E-state index in [-0.39, 0.29) is 5.41 Å². The van der Waals surface area contributed by atoms with Crippen LogP contribution in [0.15, 0.2) is 121 Å². The lowest BCUT2D eigenvalue weighted by atomic mass is 9.86. The predicted octanol–water partition coefficient (Wildman–Crippen LogP) is 8.85. The van der Waals surface area contributed by atoms with Crippen LogP contribution in [-0.4, -0.2) is 12.9 Å². The molecule has 0 spiro atoms. The van der Waals surface area contributed by atoms with E-state index in [9.17, 15) is 0 Å². The standard InChI is InChI=1S/C34H34N2/c1-7-26-13-15-28(16-14-26)29-17-19-30(20-18-29)33(35-6)36(32-11-9-8-10-12-32)25(2)27-21-23-31(24-22-27)34(3,4)5/h7-24H,1-2H2,3-6H3/b35-33-. The minimum Gasteiger partial charge on any atom is -0.295 e. The fourth-order valence-corrected chi connectivity index (χ4v) is 4.26. The van der Waals surface area contributed by atoms with E-state index in [4.69, 9.17) is 4.99 Å². The normalized spacial score (nSPS) is 11.7. The highest BCUT2D eigenvalue weighted by atomic mass is 15.2. The van der Waals surface area contributed by atoms with E-state index in [0.29, 0.717) is 0 Å². The van der Waals surface area contributed by atoms with Gasteiger partial charge in [-0.2, -0.15) is 0 Å². The SMILES string of the molecule is C=Cc1ccc(-c2ccc(/C(=N/C)N(C(=C)c3ccc(C(C)(C)C)cc3)c3ccccc3)cc2)cc1. The minimum atomic E-state index is 0.1000. The first-order valence-corrected chi connectivity index (χ1v) is 12.3. The summed E-state index contributed by atoms with van der Waals surface area (Å²) in [5, 5.41) is 0. The van der Waals surface area contributed by atoms with Gasteiger partial charge in [0.2, 0.25) is 0 Å². The van der Waals surface area contributed by atoms with Crippen molar-refractivity contribution in [3.8, 4) is 11.1 Å². The van der Waals surface area contributed by atoms with E-state index in [1.165, 1.54) is 11.1 Å². The Labute approximate surface area is 216 Å². The van der Waals surface area contributed by atoms with Gasteiger partial charge in [-0.15, -0.1) is 0 Å². The van der Waals surface area contributed by atoms with Gasteiger partial charge in [0, 0.05) is 24.0 Å². The second-order valence-electron chi connectivity index (χ2n) is 9.90. The van der Waals surface area contributed by atoms with Crippen molar-refractivity contribution < 1.29 is 0 Å². The summed E-state index contributed by atoms with van der Waals surface area (Å²) in [6, 6.07) is 36.0. The first-order valence-electron chi connectivity index (χ1n) is 12.3. The molecule has 4 rings (SSSR count). The number of rotatable bonds is 6. The number of nitrogens with zero attached hydrogens (tertiary/aromatic N) is 2. The van der Waals surface area contributed by atoms with Gasteiger partial charge < -0.3 is 0 Å². The lowest BCUT2D eigenvalue weighted by molar-refractivity contribution is 0.590. The molecule has 0 N–H and O–H groups in total. The van der Waals surface area contributed by atoms with E-state index in [2.05, 4.69) is 124 Å². The van der Waals surface area contributed by atoms with Gasteiger partial charge in [-0.05, 0) is 45.4 Å². The monoisotopic (exact) mass is 470 g/mol. The average Bonchev–Trinajstić information content (AvgIpc) is 2.91. The maximum atomic E-state index is 4.73. The third-order valence-electron chi connectivity index (χ3n) is 6.41. The van der Waals surface area contributed by atoms with Crippen LogP contribution in [0.1, 0.15) is 43.0 Å². The molecule has 2 heteroatoms. The van der Waals surface area contributed by atoms with Crippen LogP contribution in [0.4, 0.5) is 5.69 Å². The molecular weight excluding hydrogens is 436 g/mol. The topological polar surface area (TPSA) is 15.6 Å². The first kappa shape index (κ1) is 24.9. The second kappa shape index (κ2) is 10.6. The van der Waals surface area contributed by atoms with Gasteiger partial charge in [0.15, 0.2) is 0 Å². The second-order valence-corrected chi connectivity index (χ2v) is 9.90. The molecule has 0 amide bonds. The molecule has 0 aromatic heterocycles. The van der Waals surface area contributed by atoms with Crippen LogP contribution in [0.2, 0.25) is 0 Å². The Bertz CT molecular complexity index is 1350. The fraction of sp³-hybridized carbons (Fsp3) is 0.147. The van der Waals surface area contributed by atoms with Gasteiger partial charge in [0.05, 0.1) is 0 Å². The number of para-hydroxylation sites is 1. The van der Waals surface area contributed by atoms with Crippen LogP contribution < -0.4 is 4.90 Å². The Morgan fingerprint density at radius 3 is 1.75 bits per heavy atom. The average molecular weight is 471 g/mol. The van der Waals surface area contributed by atoms with Gasteiger partial charge in [0.1, 0.15) is 5.84 Å². The van der Waals surface area contributed by atoms with E-state index in [1.54, 1.807) is 0 Å². The molecule has 0 unspecified atom stereocenters. The van der Waals surface area contributed by atoms with Crippen molar-refractivity contribution in [3.05, 3.63) is 139 Å². The maximum Gasteiger partial charge on any atom is 0.139 e. The lowest BCUT2D eigenvalue weighted by Crippen LogP contribution is -2.30. The Hall–Kier alpha value is -4.17. The summed E-state index contributed by atoms with van der Waals surface area (Å²) in [4.78, 5) is 6.87. The molecule has 0 heterocycles. The minimum absolute atomic E-state index is 0.1000. The number of aliphatic imine (C=N–C) groups is 1. The lowest BCUT2D eigenvalue weighted by Gasteiger charge is -2.29. The molecule has 4 aromatic carbocycles. The van der Waals surface area contributed by atoms with Crippen molar-refractivity contribution in [1.82, 2.24) is 0 Å². The van der Waals surface area contributed by atoms with E-state index in [1.807, 2.05) is 31.3 Å². The zero-order chi connectivity index (χ0) is 25.7. The fourth-order valence-electron chi connectivity index (χ4n) is 4.26. The highest BCUT2D eigenvalue weighted by molar-refractivity contribution is 6.17. The van der Waals surface area contributed by atoms with Crippen molar-refractivity contribution >= 4 is 23.3 Å². The van der Waals surface area contributed by atoms with Gasteiger partial charge in [-0.25, -0.2) is 0 Å². The van der Waals surface area contributed by atoms with Crippen LogP contribution in [0.25, 0.3) is 22.9 Å². The van der Waals surface area contributed by atoms with Gasteiger partial charge >= 0.3 is 0 Å². The Morgan fingerprint density at radius 2 is 1.25 bits per heavy atom. The highest BCUT2D eigenvalue weighted by Gasteiger charge is 2.21. The van der Waals surface area contributed by atoms with E-state index in [0.717, 1.165) is 39.5 Å². The number of amidine groups is 1. The van der Waals surface area contributed by atoms with Crippen LogP contribution in [0.5, 0.6) is 0 Å². The Morgan fingerprint density at radius 1 is 0.722 bits per heavy atom. The third kappa shape index (κ3) is 5.39. The van der Waals surface area contributed by atoms with Crippen molar-refractivity contribution in [2.45, 2.75) is 26.2 Å². The Kier molecular flexibility index (Phi) is 7.36. The zero-order valence-electron chi connectivity index (χ0n) is 21.7.